The molecule has 98 valence electrons. The van der Waals surface area contributed by atoms with E-state index in [1.807, 2.05) is 4.90 Å². The average molecular weight is 256 g/mol. The van der Waals surface area contributed by atoms with Crippen LogP contribution in [0.5, 0.6) is 0 Å². The maximum atomic E-state index is 13.3. The van der Waals surface area contributed by atoms with Crippen LogP contribution in [0.1, 0.15) is 10.4 Å². The first kappa shape index (κ1) is 14.2. The highest BCUT2D eigenvalue weighted by molar-refractivity contribution is 6.42. The van der Waals surface area contributed by atoms with Crippen LogP contribution in [0, 0.1) is 11.6 Å². The summed E-state index contributed by atoms with van der Waals surface area (Å²) >= 11 is 0. The van der Waals surface area contributed by atoms with E-state index >= 15 is 0 Å². The minimum atomic E-state index is -1.08. The lowest BCUT2D eigenvalue weighted by Gasteiger charge is -2.10. The molecule has 0 fully saturated rings. The molecule has 0 unspecified atom stereocenters. The Kier molecular flexibility index (Phi) is 4.91. The summed E-state index contributed by atoms with van der Waals surface area (Å²) < 4.78 is 26.1. The van der Waals surface area contributed by atoms with Crippen molar-refractivity contribution in [3.63, 3.8) is 0 Å². The lowest BCUT2D eigenvalue weighted by Crippen LogP contribution is -2.36. The third kappa shape index (κ3) is 3.89. The number of benzene rings is 1. The number of rotatable bonds is 5. The fourth-order valence-corrected chi connectivity index (χ4v) is 1.27. The lowest BCUT2D eigenvalue weighted by atomic mass is 10.1. The number of carbonyl (C=O) groups is 2. The number of Topliss-reactive ketones (excluding diaryl/α,β-unsaturated/α-hetero) is 1. The predicted molar refractivity (Wildman–Crippen MR) is 62.3 cm³/mol. The summed E-state index contributed by atoms with van der Waals surface area (Å²) in [6.07, 6.45) is 0. The molecule has 1 N–H and O–H groups in total. The zero-order valence-corrected chi connectivity index (χ0v) is 10.2. The van der Waals surface area contributed by atoms with Crippen molar-refractivity contribution in [3.8, 4) is 0 Å². The van der Waals surface area contributed by atoms with Gasteiger partial charge in [0.1, 0.15) is 11.6 Å². The maximum Gasteiger partial charge on any atom is 0.292 e. The molecule has 0 aliphatic rings. The normalized spacial score (nSPS) is 10.5. The second-order valence-electron chi connectivity index (χ2n) is 4.01. The standard InChI is InChI=1S/C12H14F2N2O2/c1-16(2)6-5-15-12(18)11(17)9-7-8(13)3-4-10(9)14/h3-4,7H,5-6H2,1-2H3,(H,15,18). The van der Waals surface area contributed by atoms with Crippen LogP contribution < -0.4 is 5.32 Å². The van der Waals surface area contributed by atoms with Gasteiger partial charge in [-0.25, -0.2) is 8.78 Å². The molecule has 1 aromatic rings. The van der Waals surface area contributed by atoms with Crippen LogP contribution in [0.25, 0.3) is 0 Å². The van der Waals surface area contributed by atoms with Gasteiger partial charge in [0.25, 0.3) is 11.7 Å². The summed E-state index contributed by atoms with van der Waals surface area (Å²) in [4.78, 5) is 24.8. The maximum absolute atomic E-state index is 13.3. The number of likely N-dealkylation sites (N-methyl/N-ethyl adjacent to an activating group) is 1. The van der Waals surface area contributed by atoms with Gasteiger partial charge in [-0.3, -0.25) is 9.59 Å². The number of hydrogen-bond donors (Lipinski definition) is 1. The van der Waals surface area contributed by atoms with E-state index in [4.69, 9.17) is 0 Å². The highest BCUT2D eigenvalue weighted by Crippen LogP contribution is 2.10. The molecule has 0 aliphatic heterocycles. The van der Waals surface area contributed by atoms with Crippen molar-refractivity contribution in [2.24, 2.45) is 0 Å². The van der Waals surface area contributed by atoms with Gasteiger partial charge in [-0.2, -0.15) is 0 Å². The minimum absolute atomic E-state index is 0.258. The molecule has 4 nitrogen and oxygen atoms in total. The van der Waals surface area contributed by atoms with Crippen LogP contribution in [0.15, 0.2) is 18.2 Å². The molecular formula is C12H14F2N2O2. The van der Waals surface area contributed by atoms with E-state index in [0.717, 1.165) is 12.1 Å². The Bertz CT molecular complexity index is 461. The van der Waals surface area contributed by atoms with E-state index in [2.05, 4.69) is 5.32 Å². The van der Waals surface area contributed by atoms with Crippen LogP contribution in [-0.4, -0.2) is 43.8 Å². The first-order chi connectivity index (χ1) is 8.41. The zero-order valence-electron chi connectivity index (χ0n) is 10.2. The van der Waals surface area contributed by atoms with Crippen molar-refractivity contribution in [2.75, 3.05) is 27.2 Å². The molecule has 0 saturated carbocycles. The van der Waals surface area contributed by atoms with E-state index in [0.29, 0.717) is 12.6 Å². The summed E-state index contributed by atoms with van der Waals surface area (Å²) in [5.41, 5.74) is -0.558. The summed E-state index contributed by atoms with van der Waals surface area (Å²) in [6.45, 7) is 0.805. The molecular weight excluding hydrogens is 242 g/mol. The second-order valence-corrected chi connectivity index (χ2v) is 4.01. The fourth-order valence-electron chi connectivity index (χ4n) is 1.27. The van der Waals surface area contributed by atoms with Gasteiger partial charge in [0.05, 0.1) is 5.56 Å². The number of nitrogens with zero attached hydrogens (tertiary/aromatic N) is 1. The SMILES string of the molecule is CN(C)CCNC(=O)C(=O)c1cc(F)ccc1F. The highest BCUT2D eigenvalue weighted by atomic mass is 19.1. The van der Waals surface area contributed by atoms with Crippen LogP contribution in [0.3, 0.4) is 0 Å². The third-order valence-electron chi connectivity index (χ3n) is 2.22. The smallest absolute Gasteiger partial charge is 0.292 e. The molecule has 6 heteroatoms. The molecule has 0 aromatic heterocycles. The van der Waals surface area contributed by atoms with Crippen molar-refractivity contribution >= 4 is 11.7 Å². The van der Waals surface area contributed by atoms with E-state index in [1.165, 1.54) is 0 Å². The Morgan fingerprint density at radius 1 is 1.28 bits per heavy atom. The predicted octanol–water partition coefficient (Wildman–Crippen LogP) is 0.825. The van der Waals surface area contributed by atoms with Crippen LogP contribution in [0.2, 0.25) is 0 Å². The van der Waals surface area contributed by atoms with Crippen molar-refractivity contribution < 1.29 is 18.4 Å². The van der Waals surface area contributed by atoms with Crippen LogP contribution in [-0.2, 0) is 4.79 Å². The number of halogens is 2. The van der Waals surface area contributed by atoms with Crippen molar-refractivity contribution in [1.82, 2.24) is 10.2 Å². The third-order valence-corrected chi connectivity index (χ3v) is 2.22. The van der Waals surface area contributed by atoms with Gasteiger partial charge in [-0.1, -0.05) is 0 Å². The molecule has 0 bridgehead atoms. The molecule has 0 radical (unpaired) electrons. The zero-order chi connectivity index (χ0) is 13.7. The summed E-state index contributed by atoms with van der Waals surface area (Å²) in [5.74, 6) is -3.70. The monoisotopic (exact) mass is 256 g/mol. The first-order valence-electron chi connectivity index (χ1n) is 5.34. The van der Waals surface area contributed by atoms with Gasteiger partial charge in [0, 0.05) is 13.1 Å². The van der Waals surface area contributed by atoms with Crippen LogP contribution >= 0.6 is 0 Å². The van der Waals surface area contributed by atoms with Crippen molar-refractivity contribution in [3.05, 3.63) is 35.4 Å². The van der Waals surface area contributed by atoms with E-state index in [-0.39, 0.29) is 6.54 Å². The van der Waals surface area contributed by atoms with E-state index < -0.39 is 28.9 Å². The Labute approximate surface area is 104 Å². The molecule has 1 rings (SSSR count). The molecule has 0 aliphatic carbocycles. The van der Waals surface area contributed by atoms with E-state index in [9.17, 15) is 18.4 Å². The highest BCUT2D eigenvalue weighted by Gasteiger charge is 2.20. The molecule has 1 amide bonds. The van der Waals surface area contributed by atoms with Gasteiger partial charge in [-0.05, 0) is 32.3 Å². The molecule has 0 atom stereocenters. The van der Waals surface area contributed by atoms with Gasteiger partial charge in [0.2, 0.25) is 0 Å². The van der Waals surface area contributed by atoms with E-state index in [1.54, 1.807) is 14.1 Å². The molecule has 0 heterocycles. The number of hydrogen-bond acceptors (Lipinski definition) is 3. The number of ketones is 1. The van der Waals surface area contributed by atoms with Gasteiger partial charge in [0.15, 0.2) is 0 Å². The largest absolute Gasteiger partial charge is 0.348 e. The lowest BCUT2D eigenvalue weighted by molar-refractivity contribution is -0.117. The van der Waals surface area contributed by atoms with Gasteiger partial charge in [-0.15, -0.1) is 0 Å². The molecule has 18 heavy (non-hydrogen) atoms. The van der Waals surface area contributed by atoms with Gasteiger partial charge >= 0.3 is 0 Å². The average Bonchev–Trinajstić information content (AvgIpc) is 2.30. The molecule has 0 spiro atoms. The van der Waals surface area contributed by atoms with Crippen molar-refractivity contribution in [1.29, 1.82) is 0 Å². The minimum Gasteiger partial charge on any atom is -0.348 e. The summed E-state index contributed by atoms with van der Waals surface area (Å²) in [7, 11) is 3.61. The number of carbonyl (C=O) groups excluding carboxylic acids is 2. The Hall–Kier alpha value is -1.82. The second kappa shape index (κ2) is 6.20. The van der Waals surface area contributed by atoms with Gasteiger partial charge < -0.3 is 10.2 Å². The molecule has 1 aromatic carbocycles. The van der Waals surface area contributed by atoms with Crippen molar-refractivity contribution in [2.45, 2.75) is 0 Å². The number of nitrogens with one attached hydrogen (secondary N) is 1. The quantitative estimate of drug-likeness (QED) is 0.627. The number of amides is 1. The van der Waals surface area contributed by atoms with Crippen LogP contribution in [0.4, 0.5) is 8.78 Å². The topological polar surface area (TPSA) is 49.4 Å². The Morgan fingerprint density at radius 3 is 2.56 bits per heavy atom. The molecule has 0 saturated heterocycles. The summed E-state index contributed by atoms with van der Waals surface area (Å²) in [6, 6.07) is 2.41. The first-order valence-corrected chi connectivity index (χ1v) is 5.34. The Balaban J connectivity index is 2.69. The summed E-state index contributed by atoms with van der Waals surface area (Å²) in [5, 5.41) is 2.34. The Morgan fingerprint density at radius 2 is 1.94 bits per heavy atom. The fraction of sp³-hybridized carbons (Fsp3) is 0.333.